The van der Waals surface area contributed by atoms with E-state index in [0.717, 1.165) is 10.8 Å². The highest BCUT2D eigenvalue weighted by atomic mass is 16.5. The average molecular weight is 282 g/mol. The van der Waals surface area contributed by atoms with Gasteiger partial charge in [-0.15, -0.1) is 0 Å². The predicted molar refractivity (Wildman–Crippen MR) is 77.4 cm³/mol. The van der Waals surface area contributed by atoms with Crippen molar-refractivity contribution in [3.05, 3.63) is 36.0 Å². The molecule has 2 heterocycles. The smallest absolute Gasteiger partial charge is 0.256 e. The minimum absolute atomic E-state index is 0.151. The Labute approximate surface area is 121 Å². The Morgan fingerprint density at radius 2 is 2.19 bits per heavy atom. The van der Waals surface area contributed by atoms with E-state index in [0.29, 0.717) is 24.5 Å². The standard InChI is InChI=1S/C15H14N4O2/c16-7-10-9-19(5-6-21-10)15(20)13-8-18-14(17)12-4-2-1-3-11(12)13/h1-4,8,10H,5-6,9H2,(H2,17,18). The van der Waals surface area contributed by atoms with Gasteiger partial charge in [-0.2, -0.15) is 5.26 Å². The maximum atomic E-state index is 12.7. The minimum atomic E-state index is -0.573. The lowest BCUT2D eigenvalue weighted by molar-refractivity contribution is 0.00354. The Morgan fingerprint density at radius 3 is 2.95 bits per heavy atom. The van der Waals surface area contributed by atoms with Gasteiger partial charge < -0.3 is 15.4 Å². The van der Waals surface area contributed by atoms with Gasteiger partial charge in [0.25, 0.3) is 5.91 Å². The molecule has 6 heteroatoms. The van der Waals surface area contributed by atoms with E-state index in [1.807, 2.05) is 30.3 Å². The van der Waals surface area contributed by atoms with E-state index < -0.39 is 6.10 Å². The molecule has 0 bridgehead atoms. The van der Waals surface area contributed by atoms with Crippen LogP contribution < -0.4 is 5.73 Å². The molecule has 106 valence electrons. The highest BCUT2D eigenvalue weighted by Gasteiger charge is 2.26. The van der Waals surface area contributed by atoms with Crippen LogP contribution >= 0.6 is 0 Å². The highest BCUT2D eigenvalue weighted by Crippen LogP contribution is 2.24. The summed E-state index contributed by atoms with van der Waals surface area (Å²) in [5, 5.41) is 10.5. The Kier molecular flexibility index (Phi) is 3.42. The van der Waals surface area contributed by atoms with Crippen molar-refractivity contribution >= 4 is 22.5 Å². The molecule has 2 aromatic rings. The number of fused-ring (bicyclic) bond motifs is 1. The average Bonchev–Trinajstić information content (AvgIpc) is 2.55. The first-order chi connectivity index (χ1) is 10.2. The quantitative estimate of drug-likeness (QED) is 0.848. The molecule has 1 aliphatic heterocycles. The predicted octanol–water partition coefficient (Wildman–Crippen LogP) is 1.18. The largest absolute Gasteiger partial charge is 0.383 e. The molecule has 1 aromatic heterocycles. The van der Waals surface area contributed by atoms with Gasteiger partial charge in [-0.25, -0.2) is 4.98 Å². The van der Waals surface area contributed by atoms with Gasteiger partial charge in [0.05, 0.1) is 24.8 Å². The van der Waals surface area contributed by atoms with Gasteiger partial charge in [-0.05, 0) is 5.39 Å². The Morgan fingerprint density at radius 1 is 1.43 bits per heavy atom. The van der Waals surface area contributed by atoms with Crippen LogP contribution in [0.5, 0.6) is 0 Å². The molecule has 1 aliphatic rings. The summed E-state index contributed by atoms with van der Waals surface area (Å²) in [4.78, 5) is 18.4. The number of hydrogen-bond acceptors (Lipinski definition) is 5. The number of anilines is 1. The van der Waals surface area contributed by atoms with Crippen LogP contribution in [0.1, 0.15) is 10.4 Å². The lowest BCUT2D eigenvalue weighted by Gasteiger charge is -2.30. The zero-order valence-corrected chi connectivity index (χ0v) is 11.3. The number of nitrogens with zero attached hydrogens (tertiary/aromatic N) is 3. The molecule has 0 saturated carbocycles. The topological polar surface area (TPSA) is 92.2 Å². The number of morpholine rings is 1. The van der Waals surface area contributed by atoms with Gasteiger partial charge in [0.1, 0.15) is 5.82 Å². The van der Waals surface area contributed by atoms with Crippen molar-refractivity contribution in [2.75, 3.05) is 25.4 Å². The van der Waals surface area contributed by atoms with Crippen LogP contribution in [-0.2, 0) is 4.74 Å². The Hall–Kier alpha value is -2.65. The van der Waals surface area contributed by atoms with Gasteiger partial charge >= 0.3 is 0 Å². The summed E-state index contributed by atoms with van der Waals surface area (Å²) in [6.07, 6.45) is 0.923. The van der Waals surface area contributed by atoms with Crippen LogP contribution in [0.2, 0.25) is 0 Å². The molecule has 1 unspecified atom stereocenters. The molecule has 21 heavy (non-hydrogen) atoms. The molecule has 3 rings (SSSR count). The van der Waals surface area contributed by atoms with E-state index in [4.69, 9.17) is 15.7 Å². The second-order valence-corrected chi connectivity index (χ2v) is 4.84. The number of nitrogen functional groups attached to an aromatic ring is 1. The molecule has 2 N–H and O–H groups in total. The van der Waals surface area contributed by atoms with Gasteiger partial charge in [0.15, 0.2) is 6.10 Å². The summed E-state index contributed by atoms with van der Waals surface area (Å²) in [7, 11) is 0. The number of carbonyl (C=O) groups excluding carboxylic acids is 1. The SMILES string of the molecule is N#CC1CN(C(=O)c2cnc(N)c3ccccc23)CCO1. The molecule has 1 fully saturated rings. The fourth-order valence-corrected chi connectivity index (χ4v) is 2.47. The van der Waals surface area contributed by atoms with Crippen LogP contribution in [0.25, 0.3) is 10.8 Å². The van der Waals surface area contributed by atoms with Gasteiger partial charge in [-0.1, -0.05) is 24.3 Å². The van der Waals surface area contributed by atoms with Crippen LogP contribution in [0.4, 0.5) is 5.82 Å². The molecular weight excluding hydrogens is 268 g/mol. The maximum absolute atomic E-state index is 12.7. The Bertz CT molecular complexity index is 738. The fourth-order valence-electron chi connectivity index (χ4n) is 2.47. The van der Waals surface area contributed by atoms with Crippen molar-refractivity contribution in [2.45, 2.75) is 6.10 Å². The number of pyridine rings is 1. The summed E-state index contributed by atoms with van der Waals surface area (Å²) >= 11 is 0. The summed E-state index contributed by atoms with van der Waals surface area (Å²) in [5.41, 5.74) is 6.35. The first kappa shape index (κ1) is 13.3. The number of rotatable bonds is 1. The van der Waals surface area contributed by atoms with Crippen molar-refractivity contribution in [2.24, 2.45) is 0 Å². The van der Waals surface area contributed by atoms with Crippen LogP contribution in [0, 0.1) is 11.3 Å². The van der Waals surface area contributed by atoms with Gasteiger partial charge in [-0.3, -0.25) is 4.79 Å². The van der Waals surface area contributed by atoms with E-state index in [-0.39, 0.29) is 12.5 Å². The van der Waals surface area contributed by atoms with E-state index in [1.165, 1.54) is 6.20 Å². The van der Waals surface area contributed by atoms with E-state index in [9.17, 15) is 4.79 Å². The maximum Gasteiger partial charge on any atom is 0.256 e. The third kappa shape index (κ3) is 2.39. The number of carbonyl (C=O) groups is 1. The lowest BCUT2D eigenvalue weighted by atomic mass is 10.1. The van der Waals surface area contributed by atoms with Crippen molar-refractivity contribution in [1.82, 2.24) is 9.88 Å². The number of ether oxygens (including phenoxy) is 1. The molecule has 1 saturated heterocycles. The number of amides is 1. The van der Waals surface area contributed by atoms with Gasteiger partial charge in [0, 0.05) is 18.1 Å². The zero-order valence-electron chi connectivity index (χ0n) is 11.3. The third-order valence-corrected chi connectivity index (χ3v) is 3.55. The number of aromatic nitrogens is 1. The number of hydrogen-bond donors (Lipinski definition) is 1. The molecule has 0 radical (unpaired) electrons. The zero-order chi connectivity index (χ0) is 14.8. The van der Waals surface area contributed by atoms with Crippen molar-refractivity contribution < 1.29 is 9.53 Å². The number of nitrogens with two attached hydrogens (primary N) is 1. The van der Waals surface area contributed by atoms with E-state index in [2.05, 4.69) is 4.98 Å². The van der Waals surface area contributed by atoms with Crippen LogP contribution in [-0.4, -0.2) is 41.6 Å². The fraction of sp³-hybridized carbons (Fsp3) is 0.267. The first-order valence-corrected chi connectivity index (χ1v) is 6.64. The molecule has 1 aromatic carbocycles. The summed E-state index contributed by atoms with van der Waals surface area (Å²) in [6.45, 7) is 1.11. The molecule has 1 amide bonds. The summed E-state index contributed by atoms with van der Waals surface area (Å²) < 4.78 is 5.26. The second-order valence-electron chi connectivity index (χ2n) is 4.84. The van der Waals surface area contributed by atoms with Crippen LogP contribution in [0.3, 0.4) is 0 Å². The second kappa shape index (κ2) is 5.38. The molecular formula is C15H14N4O2. The minimum Gasteiger partial charge on any atom is -0.383 e. The third-order valence-electron chi connectivity index (χ3n) is 3.55. The van der Waals surface area contributed by atoms with Gasteiger partial charge in [0.2, 0.25) is 0 Å². The van der Waals surface area contributed by atoms with E-state index >= 15 is 0 Å². The molecule has 6 nitrogen and oxygen atoms in total. The molecule has 0 aliphatic carbocycles. The van der Waals surface area contributed by atoms with E-state index in [1.54, 1.807) is 4.90 Å². The number of benzene rings is 1. The highest BCUT2D eigenvalue weighted by molar-refractivity contribution is 6.09. The Balaban J connectivity index is 1.99. The van der Waals surface area contributed by atoms with Crippen molar-refractivity contribution in [3.63, 3.8) is 0 Å². The molecule has 1 atom stereocenters. The lowest BCUT2D eigenvalue weighted by Crippen LogP contribution is -2.45. The monoisotopic (exact) mass is 282 g/mol. The summed E-state index contributed by atoms with van der Waals surface area (Å²) in [5.74, 6) is 0.251. The number of nitriles is 1. The normalized spacial score (nSPS) is 18.4. The van der Waals surface area contributed by atoms with Crippen molar-refractivity contribution in [3.8, 4) is 6.07 Å². The van der Waals surface area contributed by atoms with Crippen molar-refractivity contribution in [1.29, 1.82) is 5.26 Å². The first-order valence-electron chi connectivity index (χ1n) is 6.64. The molecule has 0 spiro atoms. The van der Waals surface area contributed by atoms with Crippen LogP contribution in [0.15, 0.2) is 30.5 Å². The summed E-state index contributed by atoms with van der Waals surface area (Å²) in [6, 6.07) is 9.44.